The normalized spacial score (nSPS) is 10.6. The maximum Gasteiger partial charge on any atom is 0.253 e. The molecule has 1 aromatic carbocycles. The second kappa shape index (κ2) is 4.87. The van der Waals surface area contributed by atoms with Crippen LogP contribution in [0, 0.1) is 30.5 Å². The minimum atomic E-state index is -1.67. The van der Waals surface area contributed by atoms with Gasteiger partial charge in [-0.15, -0.1) is 0 Å². The summed E-state index contributed by atoms with van der Waals surface area (Å²) in [5, 5.41) is 0. The number of anilines is 2. The lowest BCUT2D eigenvalue weighted by Crippen LogP contribution is -2.16. The van der Waals surface area contributed by atoms with E-state index in [9.17, 15) is 17.6 Å². The Kier molecular flexibility index (Phi) is 3.42. The van der Waals surface area contributed by atoms with Gasteiger partial charge in [-0.3, -0.25) is 0 Å². The number of nitrogens with zero attached hydrogens (tertiary/aromatic N) is 2. The molecule has 0 aliphatic rings. The average molecular weight is 270 g/mol. The Morgan fingerprint density at radius 3 is 2.11 bits per heavy atom. The minimum Gasteiger partial charge on any atom is -0.340 e. The first-order valence-corrected chi connectivity index (χ1v) is 5.42. The number of hydrogen-bond acceptors (Lipinski definition) is 2. The van der Waals surface area contributed by atoms with Gasteiger partial charge in [-0.05, 0) is 24.6 Å². The molecule has 2 aromatic rings. The van der Waals surface area contributed by atoms with Crippen LogP contribution in [0.2, 0.25) is 0 Å². The van der Waals surface area contributed by atoms with Gasteiger partial charge in [0.25, 0.3) is 11.9 Å². The van der Waals surface area contributed by atoms with Crippen molar-refractivity contribution in [2.45, 2.75) is 6.92 Å². The SMILES string of the molecule is Cc1cccc(N(C)c2c(F)c(F)nc(F)c2F)c1. The fraction of sp³-hybridized carbons (Fsp3) is 0.154. The van der Waals surface area contributed by atoms with E-state index in [1.165, 1.54) is 7.05 Å². The van der Waals surface area contributed by atoms with Crippen molar-refractivity contribution in [3.8, 4) is 0 Å². The molecule has 100 valence electrons. The van der Waals surface area contributed by atoms with Crippen molar-refractivity contribution >= 4 is 11.4 Å². The molecule has 0 atom stereocenters. The van der Waals surface area contributed by atoms with E-state index in [0.717, 1.165) is 10.5 Å². The van der Waals surface area contributed by atoms with Crippen molar-refractivity contribution < 1.29 is 17.6 Å². The highest BCUT2D eigenvalue weighted by Crippen LogP contribution is 2.31. The number of hydrogen-bond donors (Lipinski definition) is 0. The second-order valence-electron chi connectivity index (χ2n) is 4.07. The summed E-state index contributed by atoms with van der Waals surface area (Å²) in [6.07, 6.45) is 0. The molecule has 0 amide bonds. The van der Waals surface area contributed by atoms with Crippen molar-refractivity contribution in [1.29, 1.82) is 0 Å². The van der Waals surface area contributed by atoms with Crippen molar-refractivity contribution in [1.82, 2.24) is 4.98 Å². The molecule has 0 aliphatic heterocycles. The van der Waals surface area contributed by atoms with Crippen molar-refractivity contribution in [3.05, 3.63) is 53.4 Å². The van der Waals surface area contributed by atoms with Gasteiger partial charge in [0.05, 0.1) is 0 Å². The second-order valence-corrected chi connectivity index (χ2v) is 4.07. The van der Waals surface area contributed by atoms with Crippen LogP contribution in [0.1, 0.15) is 5.56 Å². The van der Waals surface area contributed by atoms with Gasteiger partial charge in [0.15, 0.2) is 0 Å². The number of rotatable bonds is 2. The van der Waals surface area contributed by atoms with Crippen LogP contribution in [-0.4, -0.2) is 12.0 Å². The Labute approximate surface area is 107 Å². The lowest BCUT2D eigenvalue weighted by Gasteiger charge is -2.21. The number of pyridine rings is 1. The van der Waals surface area contributed by atoms with Gasteiger partial charge in [0, 0.05) is 12.7 Å². The van der Waals surface area contributed by atoms with E-state index >= 15 is 0 Å². The Morgan fingerprint density at radius 2 is 1.58 bits per heavy atom. The predicted octanol–water partition coefficient (Wildman–Crippen LogP) is 3.71. The monoisotopic (exact) mass is 270 g/mol. The summed E-state index contributed by atoms with van der Waals surface area (Å²) in [7, 11) is 1.31. The number of aryl methyl sites for hydroxylation is 1. The molecule has 0 spiro atoms. The van der Waals surface area contributed by atoms with Gasteiger partial charge in [-0.1, -0.05) is 12.1 Å². The van der Waals surface area contributed by atoms with E-state index in [1.54, 1.807) is 31.2 Å². The molecule has 2 nitrogen and oxygen atoms in total. The zero-order valence-electron chi connectivity index (χ0n) is 10.2. The van der Waals surface area contributed by atoms with E-state index in [2.05, 4.69) is 4.98 Å². The largest absolute Gasteiger partial charge is 0.340 e. The summed E-state index contributed by atoms with van der Waals surface area (Å²) in [5.74, 6) is -6.40. The van der Waals surface area contributed by atoms with Crippen molar-refractivity contribution in [2.24, 2.45) is 0 Å². The van der Waals surface area contributed by atoms with Crippen LogP contribution in [0.15, 0.2) is 24.3 Å². The summed E-state index contributed by atoms with van der Waals surface area (Å²) in [5.41, 5.74) is 0.443. The molecule has 0 aliphatic carbocycles. The smallest absolute Gasteiger partial charge is 0.253 e. The fourth-order valence-corrected chi connectivity index (χ4v) is 1.74. The summed E-state index contributed by atoms with van der Waals surface area (Å²) in [4.78, 5) is 3.55. The van der Waals surface area contributed by atoms with E-state index in [1.807, 2.05) is 0 Å². The minimum absolute atomic E-state index is 0.405. The molecule has 0 N–H and O–H groups in total. The quantitative estimate of drug-likeness (QED) is 0.611. The van der Waals surface area contributed by atoms with Crippen LogP contribution in [0.25, 0.3) is 0 Å². The topological polar surface area (TPSA) is 16.1 Å². The Morgan fingerprint density at radius 1 is 1.00 bits per heavy atom. The van der Waals surface area contributed by atoms with Gasteiger partial charge in [0.2, 0.25) is 11.6 Å². The van der Waals surface area contributed by atoms with Gasteiger partial charge in [0.1, 0.15) is 5.69 Å². The van der Waals surface area contributed by atoms with Gasteiger partial charge in [-0.25, -0.2) is 0 Å². The van der Waals surface area contributed by atoms with Crippen molar-refractivity contribution in [2.75, 3.05) is 11.9 Å². The van der Waals surface area contributed by atoms with Gasteiger partial charge in [-0.2, -0.15) is 22.5 Å². The molecule has 1 heterocycles. The highest BCUT2D eigenvalue weighted by Gasteiger charge is 2.24. The Bertz CT molecular complexity index is 602. The molecular formula is C13H10F4N2. The summed E-state index contributed by atoms with van der Waals surface area (Å²) < 4.78 is 53.3. The van der Waals surface area contributed by atoms with Crippen LogP contribution in [0.4, 0.5) is 28.9 Å². The molecule has 19 heavy (non-hydrogen) atoms. The lowest BCUT2D eigenvalue weighted by molar-refractivity contribution is 0.409. The molecule has 0 radical (unpaired) electrons. The third-order valence-electron chi connectivity index (χ3n) is 2.70. The molecule has 0 bridgehead atoms. The van der Waals surface area contributed by atoms with Crippen LogP contribution >= 0.6 is 0 Å². The number of halogens is 4. The number of aromatic nitrogens is 1. The van der Waals surface area contributed by atoms with Crippen LogP contribution < -0.4 is 4.90 Å². The maximum atomic E-state index is 13.6. The molecular weight excluding hydrogens is 260 g/mol. The maximum absolute atomic E-state index is 13.6. The van der Waals surface area contributed by atoms with E-state index in [-0.39, 0.29) is 0 Å². The van der Waals surface area contributed by atoms with Crippen LogP contribution in [-0.2, 0) is 0 Å². The fourth-order valence-electron chi connectivity index (χ4n) is 1.74. The van der Waals surface area contributed by atoms with E-state index in [0.29, 0.717) is 5.69 Å². The number of benzene rings is 1. The van der Waals surface area contributed by atoms with Crippen molar-refractivity contribution in [3.63, 3.8) is 0 Å². The zero-order chi connectivity index (χ0) is 14.2. The van der Waals surface area contributed by atoms with Crippen LogP contribution in [0.5, 0.6) is 0 Å². The predicted molar refractivity (Wildman–Crippen MR) is 63.3 cm³/mol. The summed E-state index contributed by atoms with van der Waals surface area (Å²) in [6.45, 7) is 1.79. The highest BCUT2D eigenvalue weighted by molar-refractivity contribution is 5.63. The standard InChI is InChI=1S/C13H10F4N2/c1-7-4-3-5-8(6-7)19(2)11-9(14)12(16)18-13(17)10(11)15/h3-6H,1-2H3. The Balaban J connectivity index is 2.59. The van der Waals surface area contributed by atoms with Gasteiger partial charge >= 0.3 is 0 Å². The molecule has 1 aromatic heterocycles. The molecule has 6 heteroatoms. The zero-order valence-corrected chi connectivity index (χ0v) is 10.2. The third-order valence-corrected chi connectivity index (χ3v) is 2.70. The Hall–Kier alpha value is -2.11. The summed E-state index contributed by atoms with van der Waals surface area (Å²) >= 11 is 0. The first kappa shape index (κ1) is 13.3. The summed E-state index contributed by atoms with van der Waals surface area (Å²) in [6, 6.07) is 6.67. The highest BCUT2D eigenvalue weighted by atomic mass is 19.2. The molecule has 0 saturated heterocycles. The lowest BCUT2D eigenvalue weighted by atomic mass is 10.2. The third kappa shape index (κ3) is 2.38. The molecule has 0 saturated carbocycles. The molecule has 2 rings (SSSR count). The van der Waals surface area contributed by atoms with E-state index < -0.39 is 29.2 Å². The average Bonchev–Trinajstić information content (AvgIpc) is 2.36. The molecule has 0 unspecified atom stereocenters. The molecule has 0 fully saturated rings. The first-order valence-electron chi connectivity index (χ1n) is 5.42. The first-order chi connectivity index (χ1) is 8.91. The van der Waals surface area contributed by atoms with E-state index in [4.69, 9.17) is 0 Å². The van der Waals surface area contributed by atoms with Crippen LogP contribution in [0.3, 0.4) is 0 Å². The van der Waals surface area contributed by atoms with Gasteiger partial charge < -0.3 is 4.90 Å².